The lowest BCUT2D eigenvalue weighted by atomic mass is 9.83. The summed E-state index contributed by atoms with van der Waals surface area (Å²) in [6.45, 7) is 10.8. The number of likely N-dealkylation sites (tertiary alicyclic amines) is 2. The molecule has 3 saturated heterocycles. The summed E-state index contributed by atoms with van der Waals surface area (Å²) in [5.41, 5.74) is 5.01. The summed E-state index contributed by atoms with van der Waals surface area (Å²) in [5.74, 6) is 2.33. The van der Waals surface area contributed by atoms with Crippen LogP contribution in [0.3, 0.4) is 0 Å². The fourth-order valence-electron chi connectivity index (χ4n) is 6.43. The normalized spacial score (nSPS) is 30.5. The van der Waals surface area contributed by atoms with Crippen molar-refractivity contribution in [3.05, 3.63) is 51.2 Å². The van der Waals surface area contributed by atoms with Gasteiger partial charge in [-0.2, -0.15) is 5.10 Å². The maximum absolute atomic E-state index is 13.4. The minimum Gasteiger partial charge on any atom is -0.381 e. The predicted molar refractivity (Wildman–Crippen MR) is 118 cm³/mol. The third-order valence-electron chi connectivity index (χ3n) is 8.20. The van der Waals surface area contributed by atoms with Gasteiger partial charge >= 0.3 is 0 Å². The van der Waals surface area contributed by atoms with Crippen molar-refractivity contribution in [2.45, 2.75) is 38.9 Å². The van der Waals surface area contributed by atoms with Gasteiger partial charge in [0.25, 0.3) is 5.56 Å². The first-order chi connectivity index (χ1) is 15.0. The number of ether oxygens (including phenoxy) is 1. The van der Waals surface area contributed by atoms with Crippen molar-refractivity contribution >= 4 is 0 Å². The third kappa shape index (κ3) is 3.47. The molecule has 0 spiro atoms. The standard InChI is InChI=1S/C24H33N5O2/c1-16-20(6-25-26(16)2)11-27-7-17-5-19(10-27)23-4-3-18(24(30)29(23)8-17)9-28-12-21-14-31-15-22(21)13-28/h3-4,6,17,19,21-22H,5,7-15H2,1-2H3/t17-,19+,21-,22+/m0/s1. The van der Waals surface area contributed by atoms with E-state index in [9.17, 15) is 4.79 Å². The Bertz CT molecular complexity index is 1030. The van der Waals surface area contributed by atoms with E-state index in [1.54, 1.807) is 0 Å². The number of aryl methyl sites for hydroxylation is 1. The molecule has 0 radical (unpaired) electrons. The lowest BCUT2D eigenvalue weighted by Gasteiger charge is -2.43. The minimum atomic E-state index is 0.247. The number of hydrogen-bond donors (Lipinski definition) is 0. The van der Waals surface area contributed by atoms with E-state index in [1.165, 1.54) is 23.4 Å². The van der Waals surface area contributed by atoms with Crippen LogP contribution in [0, 0.1) is 24.7 Å². The number of nitrogens with zero attached hydrogens (tertiary/aromatic N) is 5. The van der Waals surface area contributed by atoms with Gasteiger partial charge in [0.05, 0.1) is 19.4 Å². The van der Waals surface area contributed by atoms with Crippen molar-refractivity contribution in [2.24, 2.45) is 24.8 Å². The molecule has 6 heterocycles. The fraction of sp³-hybridized carbons (Fsp3) is 0.667. The van der Waals surface area contributed by atoms with Gasteiger partial charge in [-0.3, -0.25) is 19.3 Å². The SMILES string of the molecule is Cc1c(CN2C[C@@H]3C[C@H](C2)c2ccc(CN4C[C@H]5COC[C@H]5C4)c(=O)n2C3)cnn1C. The molecule has 2 aromatic heterocycles. The zero-order valence-electron chi connectivity index (χ0n) is 18.7. The van der Waals surface area contributed by atoms with Crippen LogP contribution in [0.2, 0.25) is 0 Å². The summed E-state index contributed by atoms with van der Waals surface area (Å²) in [6.07, 6.45) is 3.21. The summed E-state index contributed by atoms with van der Waals surface area (Å²) in [6, 6.07) is 4.36. The molecule has 4 aliphatic heterocycles. The van der Waals surface area contributed by atoms with Crippen LogP contribution in [0.4, 0.5) is 0 Å². The Labute approximate surface area is 183 Å². The predicted octanol–water partition coefficient (Wildman–Crippen LogP) is 1.59. The molecule has 0 unspecified atom stereocenters. The summed E-state index contributed by atoms with van der Waals surface area (Å²) < 4.78 is 9.67. The van der Waals surface area contributed by atoms with E-state index in [0.717, 1.165) is 64.6 Å². The zero-order chi connectivity index (χ0) is 21.1. The first-order valence-electron chi connectivity index (χ1n) is 11.8. The molecular weight excluding hydrogens is 390 g/mol. The van der Waals surface area contributed by atoms with E-state index in [-0.39, 0.29) is 5.56 Å². The van der Waals surface area contributed by atoms with Crippen molar-refractivity contribution < 1.29 is 4.74 Å². The zero-order valence-corrected chi connectivity index (χ0v) is 18.7. The summed E-state index contributed by atoms with van der Waals surface area (Å²) in [4.78, 5) is 18.4. The van der Waals surface area contributed by atoms with Crippen LogP contribution in [0.15, 0.2) is 23.1 Å². The van der Waals surface area contributed by atoms with E-state index >= 15 is 0 Å². The first-order valence-corrected chi connectivity index (χ1v) is 11.8. The molecule has 3 fully saturated rings. The molecule has 166 valence electrons. The van der Waals surface area contributed by atoms with Gasteiger partial charge in [0.1, 0.15) is 0 Å². The summed E-state index contributed by atoms with van der Waals surface area (Å²) in [7, 11) is 2.01. The molecule has 7 heteroatoms. The summed E-state index contributed by atoms with van der Waals surface area (Å²) >= 11 is 0. The molecule has 0 aliphatic carbocycles. The average Bonchev–Trinajstić information content (AvgIpc) is 3.42. The van der Waals surface area contributed by atoms with Crippen LogP contribution < -0.4 is 5.56 Å². The Morgan fingerprint density at radius 1 is 1.00 bits per heavy atom. The Morgan fingerprint density at radius 2 is 1.74 bits per heavy atom. The molecule has 4 aliphatic rings. The Balaban J connectivity index is 1.19. The number of aromatic nitrogens is 3. The number of piperidine rings is 1. The van der Waals surface area contributed by atoms with Gasteiger partial charge in [0, 0.05) is 93.1 Å². The van der Waals surface area contributed by atoms with Gasteiger partial charge in [0.15, 0.2) is 0 Å². The first kappa shape index (κ1) is 19.7. The van der Waals surface area contributed by atoms with Gasteiger partial charge in [-0.25, -0.2) is 0 Å². The fourth-order valence-corrected chi connectivity index (χ4v) is 6.43. The second-order valence-corrected chi connectivity index (χ2v) is 10.3. The van der Waals surface area contributed by atoms with Crippen LogP contribution in [0.25, 0.3) is 0 Å². The van der Waals surface area contributed by atoms with Crippen LogP contribution in [0.1, 0.15) is 34.9 Å². The second kappa shape index (κ2) is 7.57. The van der Waals surface area contributed by atoms with Gasteiger partial charge < -0.3 is 9.30 Å². The average molecular weight is 424 g/mol. The molecule has 6 rings (SSSR count). The highest BCUT2D eigenvalue weighted by Gasteiger charge is 2.38. The van der Waals surface area contributed by atoms with Crippen LogP contribution >= 0.6 is 0 Å². The quantitative estimate of drug-likeness (QED) is 0.748. The number of fused-ring (bicyclic) bond motifs is 5. The van der Waals surface area contributed by atoms with Crippen LogP contribution in [-0.4, -0.2) is 63.5 Å². The molecule has 4 atom stereocenters. The van der Waals surface area contributed by atoms with E-state index in [2.05, 4.69) is 38.5 Å². The lowest BCUT2D eigenvalue weighted by molar-refractivity contribution is 0.114. The maximum atomic E-state index is 13.4. The second-order valence-electron chi connectivity index (χ2n) is 10.3. The van der Waals surface area contributed by atoms with Gasteiger partial charge in [-0.05, 0) is 25.3 Å². The molecule has 2 bridgehead atoms. The molecule has 7 nitrogen and oxygen atoms in total. The highest BCUT2D eigenvalue weighted by Crippen LogP contribution is 2.36. The van der Waals surface area contributed by atoms with E-state index in [1.807, 2.05) is 17.9 Å². The van der Waals surface area contributed by atoms with Crippen molar-refractivity contribution in [1.29, 1.82) is 0 Å². The lowest BCUT2D eigenvalue weighted by Crippen LogP contribution is -2.47. The molecule has 0 saturated carbocycles. The van der Waals surface area contributed by atoms with E-state index in [0.29, 0.717) is 23.7 Å². The molecule has 0 amide bonds. The monoisotopic (exact) mass is 423 g/mol. The van der Waals surface area contributed by atoms with Crippen LogP contribution in [0.5, 0.6) is 0 Å². The molecule has 31 heavy (non-hydrogen) atoms. The Morgan fingerprint density at radius 3 is 2.48 bits per heavy atom. The Kier molecular flexibility index (Phi) is 4.81. The highest BCUT2D eigenvalue weighted by atomic mass is 16.5. The minimum absolute atomic E-state index is 0.247. The van der Waals surface area contributed by atoms with Crippen molar-refractivity contribution in [1.82, 2.24) is 24.1 Å². The van der Waals surface area contributed by atoms with E-state index in [4.69, 9.17) is 4.74 Å². The van der Waals surface area contributed by atoms with Crippen LogP contribution in [-0.2, 0) is 31.4 Å². The smallest absolute Gasteiger partial charge is 0.255 e. The third-order valence-corrected chi connectivity index (χ3v) is 8.20. The van der Waals surface area contributed by atoms with Gasteiger partial charge in [-0.15, -0.1) is 0 Å². The molecule has 0 N–H and O–H groups in total. The largest absolute Gasteiger partial charge is 0.381 e. The number of rotatable bonds is 4. The molecule has 2 aromatic rings. The van der Waals surface area contributed by atoms with Crippen molar-refractivity contribution in [3.63, 3.8) is 0 Å². The van der Waals surface area contributed by atoms with Crippen molar-refractivity contribution in [3.8, 4) is 0 Å². The topological polar surface area (TPSA) is 55.5 Å². The molecular formula is C24H33N5O2. The van der Waals surface area contributed by atoms with E-state index < -0.39 is 0 Å². The maximum Gasteiger partial charge on any atom is 0.255 e. The number of hydrogen-bond acceptors (Lipinski definition) is 5. The molecule has 0 aromatic carbocycles. The Hall–Kier alpha value is -1.96. The van der Waals surface area contributed by atoms with Crippen molar-refractivity contribution in [2.75, 3.05) is 39.4 Å². The highest BCUT2D eigenvalue weighted by molar-refractivity contribution is 5.23. The van der Waals surface area contributed by atoms with Gasteiger partial charge in [0.2, 0.25) is 0 Å². The van der Waals surface area contributed by atoms with Gasteiger partial charge in [-0.1, -0.05) is 6.07 Å². The number of pyridine rings is 1. The summed E-state index contributed by atoms with van der Waals surface area (Å²) in [5, 5.41) is 4.41.